The number of anilines is 1. The van der Waals surface area contributed by atoms with Crippen LogP contribution >= 0.6 is 0 Å². The molecular weight excluding hydrogens is 506 g/mol. The van der Waals surface area contributed by atoms with E-state index >= 15 is 0 Å². The summed E-state index contributed by atoms with van der Waals surface area (Å²) in [5, 5.41) is 13.7. The van der Waals surface area contributed by atoms with E-state index in [4.69, 9.17) is 9.47 Å². The van der Waals surface area contributed by atoms with Gasteiger partial charge in [0.05, 0.1) is 20.8 Å². The largest absolute Gasteiger partial charge is 0.497 e. The molecule has 1 aliphatic heterocycles. The number of ether oxygens (including phenoxy) is 2. The van der Waals surface area contributed by atoms with Crippen LogP contribution in [-0.4, -0.2) is 70.5 Å². The fraction of sp³-hybridized carbons (Fsp3) is 0.267. The summed E-state index contributed by atoms with van der Waals surface area (Å²) in [7, 11) is 3.31. The van der Waals surface area contributed by atoms with Gasteiger partial charge in [-0.2, -0.15) is 0 Å². The molecule has 1 atom stereocenters. The number of tetrazole rings is 1. The third kappa shape index (κ3) is 5.13. The molecule has 1 saturated heterocycles. The van der Waals surface area contributed by atoms with E-state index < -0.39 is 6.04 Å². The number of aromatic nitrogens is 5. The second kappa shape index (κ2) is 11.2. The highest BCUT2D eigenvalue weighted by atomic mass is 16.5. The molecule has 0 aliphatic carbocycles. The lowest BCUT2D eigenvalue weighted by Crippen LogP contribution is -2.49. The van der Waals surface area contributed by atoms with E-state index in [2.05, 4.69) is 42.4 Å². The first-order valence-electron chi connectivity index (χ1n) is 13.3. The van der Waals surface area contributed by atoms with Crippen LogP contribution in [0.2, 0.25) is 0 Å². The first kappa shape index (κ1) is 25.6. The van der Waals surface area contributed by atoms with Gasteiger partial charge >= 0.3 is 0 Å². The van der Waals surface area contributed by atoms with E-state index in [9.17, 15) is 4.79 Å². The van der Waals surface area contributed by atoms with E-state index in [0.717, 1.165) is 59.8 Å². The van der Waals surface area contributed by atoms with Gasteiger partial charge in [0.2, 0.25) is 0 Å². The summed E-state index contributed by atoms with van der Waals surface area (Å²) in [6, 6.07) is 25.3. The van der Waals surface area contributed by atoms with Crippen molar-refractivity contribution in [3.63, 3.8) is 0 Å². The number of rotatable bonds is 8. The lowest BCUT2D eigenvalue weighted by molar-refractivity contribution is 0.200. The summed E-state index contributed by atoms with van der Waals surface area (Å²) < 4.78 is 12.6. The normalized spacial score (nSPS) is 14.8. The Hall–Kier alpha value is -4.70. The van der Waals surface area contributed by atoms with Crippen LogP contribution < -0.4 is 19.9 Å². The van der Waals surface area contributed by atoms with Crippen LogP contribution in [0.4, 0.5) is 5.69 Å². The number of piperazine rings is 1. The fourth-order valence-electron chi connectivity index (χ4n) is 5.34. The van der Waals surface area contributed by atoms with Gasteiger partial charge in [-0.05, 0) is 64.5 Å². The molecule has 2 aromatic heterocycles. The first-order valence-corrected chi connectivity index (χ1v) is 13.3. The van der Waals surface area contributed by atoms with Crippen molar-refractivity contribution in [1.29, 1.82) is 0 Å². The summed E-state index contributed by atoms with van der Waals surface area (Å²) in [4.78, 5) is 21.3. The molecule has 0 bridgehead atoms. The predicted octanol–water partition coefficient (Wildman–Crippen LogP) is 3.49. The number of aromatic amines is 1. The third-order valence-corrected chi connectivity index (χ3v) is 7.47. The second-order valence-electron chi connectivity index (χ2n) is 9.81. The van der Waals surface area contributed by atoms with E-state index in [1.807, 2.05) is 66.7 Å². The van der Waals surface area contributed by atoms with E-state index in [-0.39, 0.29) is 5.56 Å². The maximum atomic E-state index is 13.6. The second-order valence-corrected chi connectivity index (χ2v) is 9.81. The Morgan fingerprint density at radius 1 is 0.875 bits per heavy atom. The molecule has 0 spiro atoms. The van der Waals surface area contributed by atoms with Crippen LogP contribution in [0.25, 0.3) is 10.9 Å². The molecule has 0 unspecified atom stereocenters. The Labute approximate surface area is 231 Å². The molecule has 1 N–H and O–H groups in total. The molecule has 6 rings (SSSR count). The van der Waals surface area contributed by atoms with Gasteiger partial charge in [0.15, 0.2) is 5.82 Å². The highest BCUT2D eigenvalue weighted by Gasteiger charge is 2.33. The van der Waals surface area contributed by atoms with Crippen molar-refractivity contribution in [2.45, 2.75) is 12.6 Å². The van der Waals surface area contributed by atoms with E-state index in [1.54, 1.807) is 18.9 Å². The van der Waals surface area contributed by atoms with Crippen molar-refractivity contribution in [1.82, 2.24) is 30.1 Å². The van der Waals surface area contributed by atoms with Gasteiger partial charge < -0.3 is 19.4 Å². The quantitative estimate of drug-likeness (QED) is 0.321. The third-order valence-electron chi connectivity index (χ3n) is 7.47. The molecule has 1 fully saturated rings. The standard InChI is InChI=1S/C30H31N7O3/c1-39-24-10-8-23(9-11-24)35-14-16-36(17-15-35)28(29-32-33-34-37(29)20-21-6-4-3-5-7-21)26-19-22-18-25(40-2)12-13-27(22)31-30(26)38/h3-13,18-19,28H,14-17,20H2,1-2H3,(H,31,38)/t28-/m1/s1. The molecule has 3 heterocycles. The van der Waals surface area contributed by atoms with Crippen molar-refractivity contribution in [2.24, 2.45) is 0 Å². The fourth-order valence-corrected chi connectivity index (χ4v) is 5.34. The van der Waals surface area contributed by atoms with Crippen LogP contribution in [0.3, 0.4) is 0 Å². The molecule has 0 amide bonds. The molecule has 10 heteroatoms. The number of nitrogens with one attached hydrogen (secondary N) is 1. The zero-order chi connectivity index (χ0) is 27.5. The Morgan fingerprint density at radius 3 is 2.33 bits per heavy atom. The predicted molar refractivity (Wildman–Crippen MR) is 153 cm³/mol. The monoisotopic (exact) mass is 537 g/mol. The topological polar surface area (TPSA) is 101 Å². The molecule has 1 aliphatic rings. The van der Waals surface area contributed by atoms with Crippen molar-refractivity contribution >= 4 is 16.6 Å². The Bertz CT molecular complexity index is 1640. The molecule has 3 aromatic carbocycles. The van der Waals surface area contributed by atoms with Crippen molar-refractivity contribution in [2.75, 3.05) is 45.3 Å². The number of nitrogens with zero attached hydrogens (tertiary/aromatic N) is 6. The number of benzene rings is 3. The minimum Gasteiger partial charge on any atom is -0.497 e. The van der Waals surface area contributed by atoms with Crippen molar-refractivity contribution < 1.29 is 9.47 Å². The van der Waals surface area contributed by atoms with Gasteiger partial charge in [-0.15, -0.1) is 5.10 Å². The molecule has 204 valence electrons. The Balaban J connectivity index is 1.37. The van der Waals surface area contributed by atoms with Gasteiger partial charge in [0.25, 0.3) is 5.56 Å². The lowest BCUT2D eigenvalue weighted by Gasteiger charge is -2.39. The van der Waals surface area contributed by atoms with Crippen LogP contribution in [0.5, 0.6) is 11.5 Å². The summed E-state index contributed by atoms with van der Waals surface area (Å²) >= 11 is 0. The highest BCUT2D eigenvalue weighted by Crippen LogP contribution is 2.30. The molecular formula is C30H31N7O3. The minimum absolute atomic E-state index is 0.158. The molecule has 40 heavy (non-hydrogen) atoms. The molecule has 0 radical (unpaired) electrons. The maximum absolute atomic E-state index is 13.6. The SMILES string of the molecule is COc1ccc(N2CCN([C@H](c3cc4cc(OC)ccc4[nH]c3=O)c3nnnn3Cc3ccccc3)CC2)cc1. The molecule has 5 aromatic rings. The minimum atomic E-state index is -0.434. The smallest absolute Gasteiger partial charge is 0.253 e. The number of H-pyrrole nitrogens is 1. The number of fused-ring (bicyclic) bond motifs is 1. The van der Waals surface area contributed by atoms with Crippen molar-refractivity contribution in [3.8, 4) is 11.5 Å². The summed E-state index contributed by atoms with van der Waals surface area (Å²) in [6.45, 7) is 3.55. The Kier molecular flexibility index (Phi) is 7.15. The molecule has 0 saturated carbocycles. The van der Waals surface area contributed by atoms with Gasteiger partial charge in [-0.3, -0.25) is 9.69 Å². The average molecular weight is 538 g/mol. The van der Waals surface area contributed by atoms with E-state index in [0.29, 0.717) is 17.9 Å². The summed E-state index contributed by atoms with van der Waals surface area (Å²) in [5.74, 6) is 2.19. The average Bonchev–Trinajstić information content (AvgIpc) is 3.45. The summed E-state index contributed by atoms with van der Waals surface area (Å²) in [6.07, 6.45) is 0. The number of hydrogen-bond acceptors (Lipinski definition) is 8. The van der Waals surface area contributed by atoms with Crippen LogP contribution in [0.15, 0.2) is 83.7 Å². The van der Waals surface area contributed by atoms with E-state index in [1.165, 1.54) is 0 Å². The zero-order valence-corrected chi connectivity index (χ0v) is 22.5. The first-order chi connectivity index (χ1) is 19.6. The van der Waals surface area contributed by atoms with Gasteiger partial charge in [-0.25, -0.2) is 4.68 Å². The number of hydrogen-bond donors (Lipinski definition) is 1. The number of methoxy groups -OCH3 is 2. The number of pyridine rings is 1. The van der Waals surface area contributed by atoms with Gasteiger partial charge in [0.1, 0.15) is 17.5 Å². The molecule has 10 nitrogen and oxygen atoms in total. The van der Waals surface area contributed by atoms with Crippen LogP contribution in [0.1, 0.15) is 23.0 Å². The maximum Gasteiger partial charge on any atom is 0.253 e. The van der Waals surface area contributed by atoms with Crippen molar-refractivity contribution in [3.05, 3.63) is 106 Å². The zero-order valence-electron chi connectivity index (χ0n) is 22.5. The lowest BCUT2D eigenvalue weighted by atomic mass is 10.0. The van der Waals surface area contributed by atoms with Crippen LogP contribution in [-0.2, 0) is 6.54 Å². The van der Waals surface area contributed by atoms with Gasteiger partial charge in [0, 0.05) is 48.3 Å². The van der Waals surface area contributed by atoms with Crippen LogP contribution in [0, 0.1) is 0 Å². The summed E-state index contributed by atoms with van der Waals surface area (Å²) in [5.41, 5.74) is 3.41. The Morgan fingerprint density at radius 2 is 1.60 bits per heavy atom. The van der Waals surface area contributed by atoms with Gasteiger partial charge in [-0.1, -0.05) is 30.3 Å². The highest BCUT2D eigenvalue weighted by molar-refractivity contribution is 5.80.